The zero-order chi connectivity index (χ0) is 16.2. The minimum Gasteiger partial charge on any atom is -0.326 e. The molecule has 3 rings (SSSR count). The van der Waals surface area contributed by atoms with E-state index < -0.39 is 0 Å². The maximum absolute atomic E-state index is 11.9. The van der Waals surface area contributed by atoms with E-state index >= 15 is 0 Å². The van der Waals surface area contributed by atoms with Crippen molar-refractivity contribution in [1.29, 1.82) is 5.26 Å². The molecule has 23 heavy (non-hydrogen) atoms. The number of amides is 1. The van der Waals surface area contributed by atoms with Crippen LogP contribution in [0.15, 0.2) is 48.5 Å². The van der Waals surface area contributed by atoms with Crippen LogP contribution in [-0.4, -0.2) is 12.5 Å². The van der Waals surface area contributed by atoms with Crippen molar-refractivity contribution in [3.8, 4) is 6.07 Å². The summed E-state index contributed by atoms with van der Waals surface area (Å²) in [5.74, 6) is 0.233. The van der Waals surface area contributed by atoms with E-state index in [1.807, 2.05) is 36.4 Å². The predicted molar refractivity (Wildman–Crippen MR) is 90.0 cm³/mol. The third kappa shape index (κ3) is 3.41. The maximum atomic E-state index is 11.9. The van der Waals surface area contributed by atoms with Gasteiger partial charge in [0.25, 0.3) is 0 Å². The Hall–Kier alpha value is -2.64. The van der Waals surface area contributed by atoms with Crippen molar-refractivity contribution in [3.63, 3.8) is 0 Å². The number of nitriles is 1. The predicted octanol–water partition coefficient (Wildman–Crippen LogP) is 3.33. The molecule has 4 heteroatoms. The number of fused-ring (bicyclic) bond motifs is 1. The first-order chi connectivity index (χ1) is 11.2. The monoisotopic (exact) mass is 305 g/mol. The molecular formula is C19H19N3O. The van der Waals surface area contributed by atoms with Crippen molar-refractivity contribution in [2.75, 3.05) is 11.9 Å². The highest BCUT2D eigenvalue weighted by molar-refractivity contribution is 5.94. The lowest BCUT2D eigenvalue weighted by Gasteiger charge is -2.27. The molecule has 2 atom stereocenters. The Kier molecular flexibility index (Phi) is 4.40. The van der Waals surface area contributed by atoms with E-state index in [1.54, 1.807) is 6.07 Å². The van der Waals surface area contributed by atoms with Crippen molar-refractivity contribution in [1.82, 2.24) is 5.32 Å². The summed E-state index contributed by atoms with van der Waals surface area (Å²) >= 11 is 0. The van der Waals surface area contributed by atoms with E-state index in [9.17, 15) is 4.79 Å². The van der Waals surface area contributed by atoms with Gasteiger partial charge in [0, 0.05) is 30.6 Å². The van der Waals surface area contributed by atoms with Crippen LogP contribution in [0, 0.1) is 11.3 Å². The van der Waals surface area contributed by atoms with Gasteiger partial charge in [-0.15, -0.1) is 0 Å². The zero-order valence-corrected chi connectivity index (χ0v) is 13.0. The molecular weight excluding hydrogens is 286 g/mol. The Morgan fingerprint density at radius 3 is 2.96 bits per heavy atom. The average molecular weight is 305 g/mol. The van der Waals surface area contributed by atoms with E-state index in [0.717, 1.165) is 17.8 Å². The molecule has 2 aromatic carbocycles. The summed E-state index contributed by atoms with van der Waals surface area (Å²) < 4.78 is 0. The first-order valence-corrected chi connectivity index (χ1v) is 7.79. The van der Waals surface area contributed by atoms with Crippen LogP contribution in [0.25, 0.3) is 0 Å². The van der Waals surface area contributed by atoms with Gasteiger partial charge >= 0.3 is 0 Å². The molecule has 1 amide bonds. The topological polar surface area (TPSA) is 64.9 Å². The number of carbonyl (C=O) groups excluding carboxylic acids is 1. The summed E-state index contributed by atoms with van der Waals surface area (Å²) in [5.41, 5.74) is 3.84. The fourth-order valence-electron chi connectivity index (χ4n) is 3.00. The van der Waals surface area contributed by atoms with Crippen molar-refractivity contribution < 1.29 is 4.79 Å². The van der Waals surface area contributed by atoms with Gasteiger partial charge in [-0.3, -0.25) is 4.79 Å². The van der Waals surface area contributed by atoms with E-state index in [2.05, 4.69) is 29.7 Å². The lowest BCUT2D eigenvalue weighted by atomic mass is 9.90. The fraction of sp³-hybridized carbons (Fsp3) is 0.263. The van der Waals surface area contributed by atoms with Crippen LogP contribution < -0.4 is 10.6 Å². The third-order valence-corrected chi connectivity index (χ3v) is 4.29. The Bertz CT molecular complexity index is 763. The first-order valence-electron chi connectivity index (χ1n) is 7.79. The van der Waals surface area contributed by atoms with Crippen LogP contribution in [0.2, 0.25) is 0 Å². The molecule has 0 fully saturated rings. The number of hydrogen-bond donors (Lipinski definition) is 2. The molecule has 0 radical (unpaired) electrons. The SMILES string of the molecule is C[C@H](NC[C@@H]1CC(=O)Nc2ccccc21)c1cccc(C#N)c1. The van der Waals surface area contributed by atoms with Gasteiger partial charge in [-0.2, -0.15) is 5.26 Å². The second-order valence-electron chi connectivity index (χ2n) is 5.90. The van der Waals surface area contributed by atoms with Gasteiger partial charge in [-0.1, -0.05) is 30.3 Å². The van der Waals surface area contributed by atoms with Crippen LogP contribution in [-0.2, 0) is 4.79 Å². The summed E-state index contributed by atoms with van der Waals surface area (Å²) in [5, 5.41) is 15.4. The Balaban J connectivity index is 1.71. The van der Waals surface area contributed by atoms with E-state index in [4.69, 9.17) is 5.26 Å². The molecule has 0 bridgehead atoms. The number of nitrogens with one attached hydrogen (secondary N) is 2. The quantitative estimate of drug-likeness (QED) is 0.910. The van der Waals surface area contributed by atoms with Crippen molar-refractivity contribution in [2.24, 2.45) is 0 Å². The maximum Gasteiger partial charge on any atom is 0.225 e. The van der Waals surface area contributed by atoms with Gasteiger partial charge in [0.1, 0.15) is 0 Å². The molecule has 1 aliphatic rings. The number of rotatable bonds is 4. The van der Waals surface area contributed by atoms with Crippen LogP contribution in [0.3, 0.4) is 0 Å². The molecule has 1 heterocycles. The van der Waals surface area contributed by atoms with Gasteiger partial charge in [0.2, 0.25) is 5.91 Å². The number of benzene rings is 2. The Labute approximate surface area is 136 Å². The van der Waals surface area contributed by atoms with Crippen LogP contribution in [0.5, 0.6) is 0 Å². The van der Waals surface area contributed by atoms with Gasteiger partial charge in [-0.05, 0) is 36.2 Å². The van der Waals surface area contributed by atoms with Gasteiger partial charge in [0.05, 0.1) is 11.6 Å². The molecule has 0 aliphatic carbocycles. The average Bonchev–Trinajstić information content (AvgIpc) is 2.59. The molecule has 0 unspecified atom stereocenters. The summed E-state index contributed by atoms with van der Waals surface area (Å²) in [7, 11) is 0. The van der Waals surface area contributed by atoms with E-state index in [1.165, 1.54) is 5.56 Å². The molecule has 116 valence electrons. The number of nitrogens with zero attached hydrogens (tertiary/aromatic N) is 1. The molecule has 0 spiro atoms. The standard InChI is InChI=1S/C19H19N3O/c1-13(15-6-4-5-14(9-15)11-20)21-12-16-10-19(23)22-18-8-3-2-7-17(16)18/h2-9,13,16,21H,10,12H2,1H3,(H,22,23)/t13-,16-/m0/s1. The minimum atomic E-state index is 0.0645. The summed E-state index contributed by atoms with van der Waals surface area (Å²) in [4.78, 5) is 11.9. The highest BCUT2D eigenvalue weighted by atomic mass is 16.1. The Morgan fingerprint density at radius 2 is 2.13 bits per heavy atom. The molecule has 0 saturated carbocycles. The fourth-order valence-corrected chi connectivity index (χ4v) is 3.00. The van der Waals surface area contributed by atoms with Gasteiger partial charge in [0.15, 0.2) is 0 Å². The van der Waals surface area contributed by atoms with Crippen molar-refractivity contribution >= 4 is 11.6 Å². The Morgan fingerprint density at radius 1 is 1.30 bits per heavy atom. The first kappa shape index (κ1) is 15.3. The summed E-state index contributed by atoms with van der Waals surface area (Å²) in [6.45, 7) is 2.80. The lowest BCUT2D eigenvalue weighted by molar-refractivity contribution is -0.116. The summed E-state index contributed by atoms with van der Waals surface area (Å²) in [6, 6.07) is 17.9. The molecule has 0 saturated heterocycles. The molecule has 0 aromatic heterocycles. The second kappa shape index (κ2) is 6.64. The van der Waals surface area contributed by atoms with Crippen LogP contribution >= 0.6 is 0 Å². The number of hydrogen-bond acceptors (Lipinski definition) is 3. The number of carbonyl (C=O) groups is 1. The van der Waals surface area contributed by atoms with Crippen molar-refractivity contribution in [2.45, 2.75) is 25.3 Å². The van der Waals surface area contributed by atoms with Gasteiger partial charge in [-0.25, -0.2) is 0 Å². The second-order valence-corrected chi connectivity index (χ2v) is 5.90. The summed E-state index contributed by atoms with van der Waals surface area (Å²) in [6.07, 6.45) is 0.495. The number of anilines is 1. The van der Waals surface area contributed by atoms with Crippen LogP contribution in [0.1, 0.15) is 42.0 Å². The van der Waals surface area contributed by atoms with Crippen molar-refractivity contribution in [3.05, 3.63) is 65.2 Å². The van der Waals surface area contributed by atoms with Gasteiger partial charge < -0.3 is 10.6 Å². The molecule has 1 aliphatic heterocycles. The molecule has 2 N–H and O–H groups in total. The largest absolute Gasteiger partial charge is 0.326 e. The lowest BCUT2D eigenvalue weighted by Crippen LogP contribution is -2.31. The van der Waals surface area contributed by atoms with Crippen LogP contribution in [0.4, 0.5) is 5.69 Å². The highest BCUT2D eigenvalue weighted by Gasteiger charge is 2.24. The van der Waals surface area contributed by atoms with E-state index in [0.29, 0.717) is 12.0 Å². The normalized spacial score (nSPS) is 17.7. The zero-order valence-electron chi connectivity index (χ0n) is 13.0. The minimum absolute atomic E-state index is 0.0645. The molecule has 2 aromatic rings. The molecule has 4 nitrogen and oxygen atoms in total. The third-order valence-electron chi connectivity index (χ3n) is 4.29. The number of para-hydroxylation sites is 1. The smallest absolute Gasteiger partial charge is 0.225 e. The van der Waals surface area contributed by atoms with E-state index in [-0.39, 0.29) is 17.9 Å². The highest BCUT2D eigenvalue weighted by Crippen LogP contribution is 2.31.